The van der Waals surface area contributed by atoms with Gasteiger partial charge in [-0.3, -0.25) is 0 Å². The van der Waals surface area contributed by atoms with Gasteiger partial charge in [-0.2, -0.15) is 4.31 Å². The van der Waals surface area contributed by atoms with Crippen LogP contribution in [0.5, 0.6) is 0 Å². The van der Waals surface area contributed by atoms with E-state index in [1.54, 1.807) is 0 Å². The first kappa shape index (κ1) is 14.9. The maximum atomic E-state index is 12.5. The van der Waals surface area contributed by atoms with E-state index in [0.717, 1.165) is 31.9 Å². The van der Waals surface area contributed by atoms with E-state index in [4.69, 9.17) is 5.11 Å². The number of aromatic nitrogens is 1. The Labute approximate surface area is 118 Å². The van der Waals surface area contributed by atoms with Crippen LogP contribution in [0.2, 0.25) is 0 Å². The smallest absolute Gasteiger partial charge is 0.337 e. The number of carboxylic acid groups (broad SMARTS) is 1. The van der Waals surface area contributed by atoms with Crippen LogP contribution in [0.3, 0.4) is 0 Å². The second-order valence-electron chi connectivity index (χ2n) is 4.89. The summed E-state index contributed by atoms with van der Waals surface area (Å²) in [4.78, 5) is 14.6. The predicted octanol–water partition coefficient (Wildman–Crippen LogP) is 1.73. The highest BCUT2D eigenvalue weighted by atomic mass is 32.2. The molecule has 6 nitrogen and oxygen atoms in total. The number of hydrogen-bond donors (Lipinski definition) is 1. The Bertz CT molecular complexity index is 579. The molecule has 0 saturated heterocycles. The number of carboxylic acids is 1. The molecule has 20 heavy (non-hydrogen) atoms. The molecular weight excluding hydrogens is 280 g/mol. The van der Waals surface area contributed by atoms with Crippen molar-refractivity contribution in [3.05, 3.63) is 23.9 Å². The van der Waals surface area contributed by atoms with Gasteiger partial charge in [0.15, 0.2) is 5.03 Å². The van der Waals surface area contributed by atoms with Gasteiger partial charge in [0, 0.05) is 18.8 Å². The van der Waals surface area contributed by atoms with Crippen LogP contribution in [0.4, 0.5) is 0 Å². The lowest BCUT2D eigenvalue weighted by Gasteiger charge is -2.21. The fourth-order valence-electron chi connectivity index (χ4n) is 1.96. The molecule has 0 aromatic carbocycles. The number of aromatic carboxylic acids is 1. The van der Waals surface area contributed by atoms with E-state index in [2.05, 4.69) is 4.98 Å². The molecule has 1 N–H and O–H groups in total. The van der Waals surface area contributed by atoms with Gasteiger partial charge >= 0.3 is 5.97 Å². The molecule has 110 valence electrons. The molecule has 1 saturated carbocycles. The molecule has 0 amide bonds. The van der Waals surface area contributed by atoms with E-state index in [1.807, 2.05) is 6.92 Å². The molecule has 0 aliphatic heterocycles. The number of unbranched alkanes of at least 4 members (excludes halogenated alkanes) is 1. The van der Waals surface area contributed by atoms with E-state index >= 15 is 0 Å². The largest absolute Gasteiger partial charge is 0.478 e. The number of sulfonamides is 1. The Morgan fingerprint density at radius 3 is 2.60 bits per heavy atom. The van der Waals surface area contributed by atoms with Crippen LogP contribution in [0.1, 0.15) is 43.0 Å². The van der Waals surface area contributed by atoms with Crippen LogP contribution in [0.15, 0.2) is 23.4 Å². The maximum Gasteiger partial charge on any atom is 0.337 e. The SMILES string of the molecule is CCCCN(C1CC1)S(=O)(=O)c1ccc(C(=O)O)cn1. The highest BCUT2D eigenvalue weighted by molar-refractivity contribution is 7.89. The Balaban J connectivity index is 2.25. The molecule has 1 heterocycles. The van der Waals surface area contributed by atoms with Crippen molar-refractivity contribution in [2.75, 3.05) is 6.54 Å². The van der Waals surface area contributed by atoms with Crippen LogP contribution >= 0.6 is 0 Å². The van der Waals surface area contributed by atoms with Gasteiger partial charge in [-0.15, -0.1) is 0 Å². The highest BCUT2D eigenvalue weighted by Crippen LogP contribution is 2.31. The summed E-state index contributed by atoms with van der Waals surface area (Å²) in [5.74, 6) is -1.12. The Morgan fingerprint density at radius 2 is 2.15 bits per heavy atom. The van der Waals surface area contributed by atoms with Crippen LogP contribution in [-0.2, 0) is 10.0 Å². The molecule has 0 atom stereocenters. The summed E-state index contributed by atoms with van der Waals surface area (Å²) in [7, 11) is -3.62. The van der Waals surface area contributed by atoms with Gasteiger partial charge in [-0.25, -0.2) is 18.2 Å². The van der Waals surface area contributed by atoms with Gasteiger partial charge in [-0.05, 0) is 31.4 Å². The summed E-state index contributed by atoms with van der Waals surface area (Å²) < 4.78 is 26.5. The van der Waals surface area contributed by atoms with Crippen LogP contribution in [0.25, 0.3) is 0 Å². The first-order valence-electron chi connectivity index (χ1n) is 6.68. The summed E-state index contributed by atoms with van der Waals surface area (Å²) in [5.41, 5.74) is -0.0181. The highest BCUT2D eigenvalue weighted by Gasteiger charge is 2.38. The molecule has 0 radical (unpaired) electrons. The zero-order valence-corrected chi connectivity index (χ0v) is 12.1. The van der Waals surface area contributed by atoms with Gasteiger partial charge in [0.2, 0.25) is 0 Å². The molecule has 7 heteroatoms. The third kappa shape index (κ3) is 3.16. The zero-order valence-electron chi connectivity index (χ0n) is 11.3. The summed E-state index contributed by atoms with van der Waals surface area (Å²) >= 11 is 0. The molecule has 1 aliphatic carbocycles. The maximum absolute atomic E-state index is 12.5. The molecule has 0 unspecified atom stereocenters. The molecular formula is C13H18N2O4S. The topological polar surface area (TPSA) is 87.6 Å². The van der Waals surface area contributed by atoms with Crippen LogP contribution in [-0.4, -0.2) is 41.4 Å². The molecule has 2 rings (SSSR count). The normalized spacial score (nSPS) is 15.5. The van der Waals surface area contributed by atoms with Crippen molar-refractivity contribution in [1.29, 1.82) is 0 Å². The number of pyridine rings is 1. The van der Waals surface area contributed by atoms with E-state index in [9.17, 15) is 13.2 Å². The summed E-state index contributed by atoms with van der Waals surface area (Å²) in [6, 6.07) is 2.61. The van der Waals surface area contributed by atoms with E-state index in [0.29, 0.717) is 6.54 Å². The standard InChI is InChI=1S/C13H18N2O4S/c1-2-3-8-15(11-5-6-11)20(18,19)12-7-4-10(9-14-12)13(16)17/h4,7,9,11H,2-3,5-6,8H2,1H3,(H,16,17). The minimum absolute atomic E-state index is 0.0181. The Hall–Kier alpha value is -1.47. The van der Waals surface area contributed by atoms with Crippen molar-refractivity contribution in [2.24, 2.45) is 0 Å². The lowest BCUT2D eigenvalue weighted by Crippen LogP contribution is -2.34. The molecule has 0 spiro atoms. The number of rotatable bonds is 7. The quantitative estimate of drug-likeness (QED) is 0.828. The lowest BCUT2D eigenvalue weighted by molar-refractivity contribution is 0.0696. The van der Waals surface area contributed by atoms with Gasteiger partial charge < -0.3 is 5.11 Å². The predicted molar refractivity (Wildman–Crippen MR) is 73.0 cm³/mol. The average molecular weight is 298 g/mol. The molecule has 1 aliphatic rings. The van der Waals surface area contributed by atoms with Crippen LogP contribution < -0.4 is 0 Å². The van der Waals surface area contributed by atoms with E-state index in [-0.39, 0.29) is 16.6 Å². The van der Waals surface area contributed by atoms with Gasteiger partial charge in [0.05, 0.1) is 5.56 Å². The van der Waals surface area contributed by atoms with Gasteiger partial charge in [0.25, 0.3) is 10.0 Å². The third-order valence-corrected chi connectivity index (χ3v) is 5.11. The fraction of sp³-hybridized carbons (Fsp3) is 0.538. The molecule has 1 aromatic heterocycles. The third-order valence-electron chi connectivity index (χ3n) is 3.24. The minimum atomic E-state index is -3.62. The van der Waals surface area contributed by atoms with Crippen LogP contribution in [0, 0.1) is 0 Å². The van der Waals surface area contributed by atoms with E-state index in [1.165, 1.54) is 16.4 Å². The Kier molecular flexibility index (Phi) is 4.39. The second kappa shape index (κ2) is 5.88. The van der Waals surface area contributed by atoms with Gasteiger partial charge in [-0.1, -0.05) is 13.3 Å². The Morgan fingerprint density at radius 1 is 1.45 bits per heavy atom. The fourth-order valence-corrected chi connectivity index (χ4v) is 3.59. The molecule has 0 bridgehead atoms. The van der Waals surface area contributed by atoms with Crippen molar-refractivity contribution in [1.82, 2.24) is 9.29 Å². The number of nitrogens with zero attached hydrogens (tertiary/aromatic N) is 2. The second-order valence-corrected chi connectivity index (χ2v) is 6.73. The van der Waals surface area contributed by atoms with Gasteiger partial charge in [0.1, 0.15) is 0 Å². The summed E-state index contributed by atoms with van der Waals surface area (Å²) in [6.45, 7) is 2.50. The average Bonchev–Trinajstić information content (AvgIpc) is 3.23. The monoisotopic (exact) mass is 298 g/mol. The lowest BCUT2D eigenvalue weighted by atomic mass is 10.3. The first-order chi connectivity index (χ1) is 9.46. The number of carbonyl (C=O) groups is 1. The minimum Gasteiger partial charge on any atom is -0.478 e. The van der Waals surface area contributed by atoms with Crippen molar-refractivity contribution in [3.63, 3.8) is 0 Å². The molecule has 1 fully saturated rings. The number of hydrogen-bond acceptors (Lipinski definition) is 4. The van der Waals surface area contributed by atoms with Crippen molar-refractivity contribution in [3.8, 4) is 0 Å². The van der Waals surface area contributed by atoms with Crippen molar-refractivity contribution >= 4 is 16.0 Å². The summed E-state index contributed by atoms with van der Waals surface area (Å²) in [6.07, 6.45) is 4.58. The van der Waals surface area contributed by atoms with E-state index < -0.39 is 16.0 Å². The van der Waals surface area contributed by atoms with Crippen molar-refractivity contribution in [2.45, 2.75) is 43.7 Å². The first-order valence-corrected chi connectivity index (χ1v) is 8.12. The zero-order chi connectivity index (χ0) is 14.8. The van der Waals surface area contributed by atoms with Crippen molar-refractivity contribution < 1.29 is 18.3 Å². The molecule has 1 aromatic rings. The summed E-state index contributed by atoms with van der Waals surface area (Å²) in [5, 5.41) is 8.72.